The molecular weight excluding hydrogens is 304 g/mol. The number of aromatic amines is 1. The van der Waals surface area contributed by atoms with E-state index in [1.54, 1.807) is 16.9 Å². The van der Waals surface area contributed by atoms with E-state index in [1.807, 2.05) is 19.1 Å². The molecule has 0 spiro atoms. The van der Waals surface area contributed by atoms with Crippen LogP contribution < -0.4 is 5.56 Å². The fraction of sp³-hybridized carbons (Fsp3) is 0.333. The third-order valence-corrected chi connectivity index (χ3v) is 4.55. The SMILES string of the molecule is Cc1nn2cc[nH]c(=O)c2c1-c1cccc(C2CN(C)CCO2)c1. The lowest BCUT2D eigenvalue weighted by Gasteiger charge is -2.30. The highest BCUT2D eigenvalue weighted by molar-refractivity contribution is 5.82. The van der Waals surface area contributed by atoms with Gasteiger partial charge in [-0.15, -0.1) is 0 Å². The molecular formula is C18H20N4O2. The summed E-state index contributed by atoms with van der Waals surface area (Å²) in [7, 11) is 2.11. The summed E-state index contributed by atoms with van der Waals surface area (Å²) in [5, 5.41) is 4.46. The van der Waals surface area contributed by atoms with E-state index in [9.17, 15) is 4.79 Å². The normalized spacial score (nSPS) is 19.0. The first-order valence-electron chi connectivity index (χ1n) is 8.10. The van der Waals surface area contributed by atoms with E-state index in [1.165, 1.54) is 0 Å². The summed E-state index contributed by atoms with van der Waals surface area (Å²) < 4.78 is 7.56. The third kappa shape index (κ3) is 2.53. The minimum atomic E-state index is -0.132. The molecule has 124 valence electrons. The first-order valence-corrected chi connectivity index (χ1v) is 8.10. The molecule has 1 saturated heterocycles. The summed E-state index contributed by atoms with van der Waals surface area (Å²) in [6.45, 7) is 4.50. The highest BCUT2D eigenvalue weighted by atomic mass is 16.5. The maximum Gasteiger partial charge on any atom is 0.274 e. The number of ether oxygens (including phenoxy) is 1. The summed E-state index contributed by atoms with van der Waals surface area (Å²) in [5.74, 6) is 0. The van der Waals surface area contributed by atoms with Gasteiger partial charge >= 0.3 is 0 Å². The van der Waals surface area contributed by atoms with E-state index < -0.39 is 0 Å². The number of hydrogen-bond acceptors (Lipinski definition) is 4. The minimum absolute atomic E-state index is 0.0594. The Morgan fingerprint density at radius 2 is 2.25 bits per heavy atom. The smallest absolute Gasteiger partial charge is 0.274 e. The van der Waals surface area contributed by atoms with Crippen LogP contribution in [0.25, 0.3) is 16.6 Å². The predicted molar refractivity (Wildman–Crippen MR) is 92.2 cm³/mol. The van der Waals surface area contributed by atoms with Gasteiger partial charge in [0.2, 0.25) is 0 Å². The second-order valence-corrected chi connectivity index (χ2v) is 6.29. The monoisotopic (exact) mass is 324 g/mol. The molecule has 1 fully saturated rings. The van der Waals surface area contributed by atoms with Crippen LogP contribution in [-0.4, -0.2) is 46.2 Å². The van der Waals surface area contributed by atoms with Crippen molar-refractivity contribution < 1.29 is 4.74 Å². The highest BCUT2D eigenvalue weighted by Crippen LogP contribution is 2.30. The second kappa shape index (κ2) is 5.89. The lowest BCUT2D eigenvalue weighted by molar-refractivity contribution is -0.0208. The molecule has 0 aliphatic carbocycles. The summed E-state index contributed by atoms with van der Waals surface area (Å²) in [6, 6.07) is 8.23. The molecule has 1 aromatic carbocycles. The Kier molecular flexibility index (Phi) is 3.70. The Labute approximate surface area is 139 Å². The maximum absolute atomic E-state index is 12.3. The number of nitrogens with zero attached hydrogens (tertiary/aromatic N) is 3. The molecule has 1 unspecified atom stereocenters. The largest absolute Gasteiger partial charge is 0.371 e. The summed E-state index contributed by atoms with van der Waals surface area (Å²) in [5.41, 5.74) is 4.29. The molecule has 4 rings (SSSR count). The number of nitrogens with one attached hydrogen (secondary N) is 1. The van der Waals surface area contributed by atoms with Crippen LogP contribution in [0.4, 0.5) is 0 Å². The van der Waals surface area contributed by atoms with Crippen molar-refractivity contribution in [3.63, 3.8) is 0 Å². The molecule has 1 aliphatic rings. The minimum Gasteiger partial charge on any atom is -0.371 e. The van der Waals surface area contributed by atoms with Gasteiger partial charge in [-0.1, -0.05) is 18.2 Å². The molecule has 6 nitrogen and oxygen atoms in total. The number of morpholine rings is 1. The average molecular weight is 324 g/mol. The van der Waals surface area contributed by atoms with E-state index in [4.69, 9.17) is 4.74 Å². The zero-order chi connectivity index (χ0) is 16.7. The Morgan fingerprint density at radius 1 is 1.38 bits per heavy atom. The molecule has 24 heavy (non-hydrogen) atoms. The zero-order valence-corrected chi connectivity index (χ0v) is 13.8. The molecule has 3 aromatic rings. The quantitative estimate of drug-likeness (QED) is 0.783. The van der Waals surface area contributed by atoms with Gasteiger partial charge in [-0.3, -0.25) is 4.79 Å². The zero-order valence-electron chi connectivity index (χ0n) is 13.8. The molecule has 6 heteroatoms. The molecule has 0 saturated carbocycles. The van der Waals surface area contributed by atoms with Crippen molar-refractivity contribution in [2.75, 3.05) is 26.7 Å². The molecule has 0 radical (unpaired) electrons. The van der Waals surface area contributed by atoms with Gasteiger partial charge in [0.25, 0.3) is 5.56 Å². The number of hydrogen-bond donors (Lipinski definition) is 1. The van der Waals surface area contributed by atoms with Gasteiger partial charge < -0.3 is 14.6 Å². The number of aryl methyl sites for hydroxylation is 1. The molecule has 1 atom stereocenters. The Morgan fingerprint density at radius 3 is 3.08 bits per heavy atom. The van der Waals surface area contributed by atoms with Crippen LogP contribution in [0.3, 0.4) is 0 Å². The van der Waals surface area contributed by atoms with Crippen molar-refractivity contribution in [1.82, 2.24) is 19.5 Å². The van der Waals surface area contributed by atoms with Gasteiger partial charge in [0.1, 0.15) is 5.52 Å². The van der Waals surface area contributed by atoms with Gasteiger partial charge in [-0.05, 0) is 31.2 Å². The average Bonchev–Trinajstić information content (AvgIpc) is 2.92. The topological polar surface area (TPSA) is 62.6 Å². The molecule has 3 heterocycles. The third-order valence-electron chi connectivity index (χ3n) is 4.55. The summed E-state index contributed by atoms with van der Waals surface area (Å²) in [4.78, 5) is 17.3. The number of likely N-dealkylation sites (N-methyl/N-ethyl adjacent to an activating group) is 1. The van der Waals surface area contributed by atoms with E-state index in [2.05, 4.69) is 34.2 Å². The van der Waals surface area contributed by atoms with Crippen molar-refractivity contribution in [1.29, 1.82) is 0 Å². The standard InChI is InChI=1S/C18H20N4O2/c1-12-16(17-18(23)19-6-7-22(17)20-12)14-5-3-4-13(10-14)15-11-21(2)8-9-24-15/h3-7,10,15H,8-9,11H2,1-2H3,(H,19,23). The lowest BCUT2D eigenvalue weighted by atomic mass is 9.99. The molecule has 0 amide bonds. The first-order chi connectivity index (χ1) is 11.6. The van der Waals surface area contributed by atoms with Gasteiger partial charge in [0, 0.05) is 31.0 Å². The highest BCUT2D eigenvalue weighted by Gasteiger charge is 2.21. The lowest BCUT2D eigenvalue weighted by Crippen LogP contribution is -2.35. The predicted octanol–water partition coefficient (Wildman–Crippen LogP) is 2.00. The van der Waals surface area contributed by atoms with E-state index in [0.29, 0.717) is 5.52 Å². The van der Waals surface area contributed by atoms with Crippen LogP contribution in [0.5, 0.6) is 0 Å². The van der Waals surface area contributed by atoms with Gasteiger partial charge in [0.05, 0.1) is 18.4 Å². The van der Waals surface area contributed by atoms with Gasteiger partial charge in [-0.25, -0.2) is 4.52 Å². The molecule has 1 aliphatic heterocycles. The van der Waals surface area contributed by atoms with Gasteiger partial charge in [-0.2, -0.15) is 5.10 Å². The Bertz CT molecular complexity index is 944. The van der Waals surface area contributed by atoms with Crippen LogP contribution in [0.1, 0.15) is 17.4 Å². The fourth-order valence-corrected chi connectivity index (χ4v) is 3.34. The number of H-pyrrole nitrogens is 1. The van der Waals surface area contributed by atoms with Crippen LogP contribution >= 0.6 is 0 Å². The Balaban J connectivity index is 1.82. The number of aromatic nitrogens is 3. The van der Waals surface area contributed by atoms with E-state index in [-0.39, 0.29) is 11.7 Å². The maximum atomic E-state index is 12.3. The van der Waals surface area contributed by atoms with E-state index >= 15 is 0 Å². The Hall–Kier alpha value is -2.44. The summed E-state index contributed by atoms with van der Waals surface area (Å²) in [6.07, 6.45) is 3.42. The van der Waals surface area contributed by atoms with Crippen LogP contribution in [-0.2, 0) is 4.74 Å². The van der Waals surface area contributed by atoms with E-state index in [0.717, 1.165) is 42.1 Å². The van der Waals surface area contributed by atoms with Crippen molar-refractivity contribution in [3.05, 3.63) is 58.3 Å². The molecule has 1 N–H and O–H groups in total. The molecule has 0 bridgehead atoms. The molecule has 2 aromatic heterocycles. The fourth-order valence-electron chi connectivity index (χ4n) is 3.34. The van der Waals surface area contributed by atoms with Crippen molar-refractivity contribution in [2.45, 2.75) is 13.0 Å². The van der Waals surface area contributed by atoms with Crippen LogP contribution in [0.2, 0.25) is 0 Å². The first kappa shape index (κ1) is 15.1. The van der Waals surface area contributed by atoms with Crippen molar-refractivity contribution >= 4 is 5.52 Å². The second-order valence-electron chi connectivity index (χ2n) is 6.29. The van der Waals surface area contributed by atoms with Crippen molar-refractivity contribution in [3.8, 4) is 11.1 Å². The number of benzene rings is 1. The number of rotatable bonds is 2. The van der Waals surface area contributed by atoms with Crippen LogP contribution in [0.15, 0.2) is 41.5 Å². The van der Waals surface area contributed by atoms with Gasteiger partial charge in [0.15, 0.2) is 0 Å². The number of fused-ring (bicyclic) bond motifs is 1. The van der Waals surface area contributed by atoms with Crippen molar-refractivity contribution in [2.24, 2.45) is 0 Å². The van der Waals surface area contributed by atoms with Crippen LogP contribution in [0, 0.1) is 6.92 Å². The summed E-state index contributed by atoms with van der Waals surface area (Å²) >= 11 is 0.